The molecule has 0 saturated heterocycles. The van der Waals surface area contributed by atoms with E-state index in [1.807, 2.05) is 31.2 Å². The van der Waals surface area contributed by atoms with E-state index in [-0.39, 0.29) is 5.82 Å². The van der Waals surface area contributed by atoms with Gasteiger partial charge in [-0.25, -0.2) is 4.39 Å². The molecule has 1 aliphatic rings. The second kappa shape index (κ2) is 8.16. The number of halogens is 1. The Bertz CT molecular complexity index is 769. The Morgan fingerprint density at radius 3 is 2.48 bits per heavy atom. The summed E-state index contributed by atoms with van der Waals surface area (Å²) in [5, 5.41) is 9.28. The van der Waals surface area contributed by atoms with Gasteiger partial charge in [0.25, 0.3) is 0 Å². The van der Waals surface area contributed by atoms with Crippen LogP contribution in [0.2, 0.25) is 0 Å². The van der Waals surface area contributed by atoms with Crippen molar-refractivity contribution in [3.05, 3.63) is 59.9 Å². The zero-order valence-electron chi connectivity index (χ0n) is 14.3. The molecule has 0 aromatic heterocycles. The van der Waals surface area contributed by atoms with Crippen LogP contribution in [0.15, 0.2) is 58.6 Å². The molecule has 0 bridgehead atoms. The van der Waals surface area contributed by atoms with E-state index in [1.54, 1.807) is 23.9 Å². The first-order valence-corrected chi connectivity index (χ1v) is 9.16. The summed E-state index contributed by atoms with van der Waals surface area (Å²) in [4.78, 5) is 4.52. The smallest absolute Gasteiger partial charge is 0.161 e. The van der Waals surface area contributed by atoms with E-state index in [4.69, 9.17) is 0 Å². The third kappa shape index (κ3) is 4.82. The van der Waals surface area contributed by atoms with Crippen LogP contribution >= 0.6 is 11.8 Å². The van der Waals surface area contributed by atoms with Gasteiger partial charge in [-0.15, -0.1) is 0 Å². The zero-order valence-corrected chi connectivity index (χ0v) is 15.1. The highest BCUT2D eigenvalue weighted by atomic mass is 32.2. The molecule has 6 heteroatoms. The van der Waals surface area contributed by atoms with Crippen molar-refractivity contribution < 1.29 is 4.39 Å². The van der Waals surface area contributed by atoms with Gasteiger partial charge in [-0.2, -0.15) is 5.10 Å². The molecule has 130 valence electrons. The first kappa shape index (κ1) is 17.5. The highest BCUT2D eigenvalue weighted by Gasteiger charge is 2.17. The van der Waals surface area contributed by atoms with Gasteiger partial charge < -0.3 is 5.32 Å². The molecule has 0 aliphatic carbocycles. The molecular formula is C19H21FN4S. The van der Waals surface area contributed by atoms with Gasteiger partial charge in [-0.05, 0) is 55.3 Å². The van der Waals surface area contributed by atoms with Crippen molar-refractivity contribution >= 4 is 34.0 Å². The second-order valence-corrected chi connectivity index (χ2v) is 7.10. The number of rotatable bonds is 5. The van der Waals surface area contributed by atoms with Gasteiger partial charge in [0.15, 0.2) is 5.17 Å². The number of hydrogen-bond acceptors (Lipinski definition) is 5. The predicted molar refractivity (Wildman–Crippen MR) is 106 cm³/mol. The second-order valence-electron chi connectivity index (χ2n) is 5.81. The third-order valence-corrected chi connectivity index (χ3v) is 5.19. The summed E-state index contributed by atoms with van der Waals surface area (Å²) >= 11 is 1.80. The van der Waals surface area contributed by atoms with E-state index >= 15 is 0 Å². The fourth-order valence-corrected chi connectivity index (χ4v) is 3.31. The topological polar surface area (TPSA) is 48.8 Å². The van der Waals surface area contributed by atoms with Crippen LogP contribution in [0.4, 0.5) is 15.8 Å². The SMILES string of the molecule is CC[C@@H]1CN=C(Nc2ccc(/C(C)=N\Nc3ccc(F)cc3)cc2)S1. The molecule has 3 rings (SSSR count). The molecule has 0 radical (unpaired) electrons. The quantitative estimate of drug-likeness (QED) is 0.588. The Labute approximate surface area is 151 Å². The van der Waals surface area contributed by atoms with Crippen molar-refractivity contribution in [3.8, 4) is 0 Å². The molecule has 0 amide bonds. The molecule has 0 unspecified atom stereocenters. The van der Waals surface area contributed by atoms with E-state index in [1.165, 1.54) is 12.1 Å². The van der Waals surface area contributed by atoms with Crippen molar-refractivity contribution in [1.82, 2.24) is 0 Å². The van der Waals surface area contributed by atoms with Crippen molar-refractivity contribution in [3.63, 3.8) is 0 Å². The van der Waals surface area contributed by atoms with Crippen molar-refractivity contribution in [2.45, 2.75) is 25.5 Å². The van der Waals surface area contributed by atoms with Gasteiger partial charge in [0.2, 0.25) is 0 Å². The molecule has 0 fully saturated rings. The number of amidine groups is 1. The Kier molecular flexibility index (Phi) is 5.71. The number of hydrogen-bond donors (Lipinski definition) is 2. The summed E-state index contributed by atoms with van der Waals surface area (Å²) in [6.07, 6.45) is 1.13. The van der Waals surface area contributed by atoms with E-state index in [2.05, 4.69) is 27.8 Å². The summed E-state index contributed by atoms with van der Waals surface area (Å²) < 4.78 is 12.9. The highest BCUT2D eigenvalue weighted by Crippen LogP contribution is 2.24. The van der Waals surface area contributed by atoms with E-state index in [0.717, 1.165) is 40.8 Å². The molecule has 1 aliphatic heterocycles. The van der Waals surface area contributed by atoms with Crippen LogP contribution in [0.1, 0.15) is 25.8 Å². The third-order valence-electron chi connectivity index (χ3n) is 3.92. The van der Waals surface area contributed by atoms with E-state index in [9.17, 15) is 4.39 Å². The lowest BCUT2D eigenvalue weighted by Crippen LogP contribution is -2.07. The average molecular weight is 356 g/mol. The molecule has 25 heavy (non-hydrogen) atoms. The number of nitrogens with one attached hydrogen (secondary N) is 2. The number of nitrogens with zero attached hydrogens (tertiary/aromatic N) is 2. The van der Waals surface area contributed by atoms with E-state index < -0.39 is 0 Å². The maximum atomic E-state index is 12.9. The number of thioether (sulfide) groups is 1. The zero-order chi connectivity index (χ0) is 17.6. The maximum absolute atomic E-state index is 12.9. The highest BCUT2D eigenvalue weighted by molar-refractivity contribution is 8.15. The molecule has 1 atom stereocenters. The summed E-state index contributed by atoms with van der Waals surface area (Å²) in [6, 6.07) is 14.2. The van der Waals surface area contributed by atoms with Crippen LogP contribution in [0.5, 0.6) is 0 Å². The van der Waals surface area contributed by atoms with Crippen LogP contribution in [-0.4, -0.2) is 22.7 Å². The van der Waals surface area contributed by atoms with Gasteiger partial charge in [-0.1, -0.05) is 30.8 Å². The summed E-state index contributed by atoms with van der Waals surface area (Å²) in [6.45, 7) is 5.01. The van der Waals surface area contributed by atoms with Gasteiger partial charge >= 0.3 is 0 Å². The molecule has 1 heterocycles. The molecule has 2 aromatic carbocycles. The minimum absolute atomic E-state index is 0.260. The fourth-order valence-electron chi connectivity index (χ4n) is 2.35. The van der Waals surface area contributed by atoms with Crippen molar-refractivity contribution in [2.75, 3.05) is 17.3 Å². The Hall–Kier alpha value is -2.34. The van der Waals surface area contributed by atoms with Crippen LogP contribution in [0.25, 0.3) is 0 Å². The lowest BCUT2D eigenvalue weighted by molar-refractivity contribution is 0.628. The van der Waals surface area contributed by atoms with Gasteiger partial charge in [-0.3, -0.25) is 10.4 Å². The Morgan fingerprint density at radius 2 is 1.84 bits per heavy atom. The van der Waals surface area contributed by atoms with Crippen LogP contribution < -0.4 is 10.7 Å². The van der Waals surface area contributed by atoms with Gasteiger partial charge in [0.1, 0.15) is 5.82 Å². The monoisotopic (exact) mass is 356 g/mol. The summed E-state index contributed by atoms with van der Waals surface area (Å²) in [7, 11) is 0. The van der Waals surface area contributed by atoms with Crippen LogP contribution in [0, 0.1) is 5.82 Å². The Morgan fingerprint density at radius 1 is 1.16 bits per heavy atom. The number of anilines is 2. The normalized spacial score (nSPS) is 17.3. The summed E-state index contributed by atoms with van der Waals surface area (Å²) in [5.41, 5.74) is 6.59. The Balaban J connectivity index is 1.59. The lowest BCUT2D eigenvalue weighted by atomic mass is 10.1. The number of aliphatic imine (C=N–C) groups is 1. The number of benzene rings is 2. The van der Waals surface area contributed by atoms with Crippen LogP contribution in [0.3, 0.4) is 0 Å². The van der Waals surface area contributed by atoms with Crippen LogP contribution in [-0.2, 0) is 0 Å². The minimum atomic E-state index is -0.260. The standard InChI is InChI=1S/C19H21FN4S/c1-3-18-12-21-19(25-18)22-16-8-4-14(5-9-16)13(2)23-24-17-10-6-15(20)7-11-17/h4-11,18,24H,3,12H2,1-2H3,(H,21,22)/b23-13-/t18-/m1/s1. The maximum Gasteiger partial charge on any atom is 0.161 e. The van der Waals surface area contributed by atoms with Gasteiger partial charge in [0, 0.05) is 10.9 Å². The molecule has 0 saturated carbocycles. The lowest BCUT2D eigenvalue weighted by Gasteiger charge is -2.08. The predicted octanol–water partition coefficient (Wildman–Crippen LogP) is 4.96. The van der Waals surface area contributed by atoms with Crippen molar-refractivity contribution in [1.29, 1.82) is 0 Å². The fraction of sp³-hybridized carbons (Fsp3) is 0.263. The average Bonchev–Trinajstić information content (AvgIpc) is 3.09. The summed E-state index contributed by atoms with van der Waals surface area (Å²) in [5.74, 6) is -0.260. The van der Waals surface area contributed by atoms with E-state index in [0.29, 0.717) is 5.25 Å². The molecule has 2 aromatic rings. The molecule has 4 nitrogen and oxygen atoms in total. The van der Waals surface area contributed by atoms with Gasteiger partial charge in [0.05, 0.1) is 17.9 Å². The first-order chi connectivity index (χ1) is 12.1. The largest absolute Gasteiger partial charge is 0.335 e. The molecular weight excluding hydrogens is 335 g/mol. The number of hydrazone groups is 1. The molecule has 2 N–H and O–H groups in total. The van der Waals surface area contributed by atoms with Crippen molar-refractivity contribution in [2.24, 2.45) is 10.1 Å². The minimum Gasteiger partial charge on any atom is -0.335 e. The molecule has 0 spiro atoms. The first-order valence-electron chi connectivity index (χ1n) is 8.28.